The second kappa shape index (κ2) is 16.6. The summed E-state index contributed by atoms with van der Waals surface area (Å²) in [7, 11) is 2.08. The molecule has 1 aliphatic rings. The second-order valence-corrected chi connectivity index (χ2v) is 18.2. The average Bonchev–Trinajstić information content (AvgIpc) is 3.91. The Morgan fingerprint density at radius 3 is 1.88 bits per heavy atom. The van der Waals surface area contributed by atoms with Crippen molar-refractivity contribution in [2.24, 2.45) is 10.7 Å². The van der Waals surface area contributed by atoms with Crippen molar-refractivity contribution < 1.29 is 9.25 Å². The number of fused-ring (bicyclic) bond motifs is 9. The van der Waals surface area contributed by atoms with E-state index in [1.54, 1.807) is 0 Å². The molecule has 0 saturated carbocycles. The maximum absolute atomic E-state index is 6.79. The van der Waals surface area contributed by atoms with E-state index in [4.69, 9.17) is 17.3 Å². The van der Waals surface area contributed by atoms with Crippen LogP contribution in [0.5, 0.6) is 0 Å². The molecule has 0 radical (unpaired) electrons. The lowest BCUT2D eigenvalue weighted by atomic mass is 9.75. The molecule has 1 aliphatic heterocycles. The highest BCUT2D eigenvalue weighted by Crippen LogP contribution is 2.45. The van der Waals surface area contributed by atoms with Gasteiger partial charge in [-0.1, -0.05) is 130 Å². The molecule has 0 unspecified atom stereocenters. The quantitative estimate of drug-likeness (QED) is 0.0922. The molecule has 0 fully saturated rings. The van der Waals surface area contributed by atoms with Gasteiger partial charge in [-0.25, -0.2) is 0 Å². The third kappa shape index (κ3) is 6.66. The molecule has 8 aromatic carbocycles. The third-order valence-electron chi connectivity index (χ3n) is 14.7. The summed E-state index contributed by atoms with van der Waals surface area (Å²) in [4.78, 5) is 5.16. The highest BCUT2D eigenvalue weighted by molar-refractivity contribution is 6.19. The van der Waals surface area contributed by atoms with Crippen molar-refractivity contribution in [3.63, 3.8) is 0 Å². The maximum atomic E-state index is 6.79. The minimum absolute atomic E-state index is 0.135. The molecule has 0 saturated heterocycles. The Kier molecular flexibility index (Phi) is 10.1. The molecule has 2 N–H and O–H groups in total. The first-order chi connectivity index (χ1) is 33.9. The summed E-state index contributed by atoms with van der Waals surface area (Å²) in [5, 5.41) is 4.69. The molecule has 6 heteroatoms. The first-order valence-corrected chi connectivity index (χ1v) is 24.0. The summed E-state index contributed by atoms with van der Waals surface area (Å²) in [5.41, 5.74) is 23.6. The van der Waals surface area contributed by atoms with Gasteiger partial charge in [-0.3, -0.25) is 0 Å². The predicted molar refractivity (Wildman–Crippen MR) is 287 cm³/mol. The molecule has 3 aromatic heterocycles. The monoisotopic (exact) mass is 892 g/mol. The standard InChI is InChI=1S/C63H51N6/c1-5-63(6-2)42(3)50-34-32-47(38-52(50)56-30-18-19-36-67(56)63)45-25-20-26-46(37-45)48-33-35-57-53(39-48)55-40-54-51-29-16-17-31-58(51)69(60(54)41-59(55)68(57)49-27-14-9-15-28-49)66(4)62(44-23-12-8-13-24-44)65-61(64)43-21-10-7-11-22-43/h7-41,64H,3,5-6H2,1-2,4H3/q+1/p+1. The van der Waals surface area contributed by atoms with Gasteiger partial charge in [-0.15, -0.1) is 0 Å². The van der Waals surface area contributed by atoms with E-state index in [-0.39, 0.29) is 5.54 Å². The largest absolute Gasteiger partial charge is 0.362 e. The van der Waals surface area contributed by atoms with Crippen LogP contribution >= 0.6 is 0 Å². The molecule has 69 heavy (non-hydrogen) atoms. The lowest BCUT2D eigenvalue weighted by molar-refractivity contribution is -0.741. The first-order valence-electron chi connectivity index (χ1n) is 24.0. The fourth-order valence-corrected chi connectivity index (χ4v) is 11.1. The topological polar surface area (TPSA) is 55.1 Å². The highest BCUT2D eigenvalue weighted by atomic mass is 15.5. The Hall–Kier alpha value is -8.61. The second-order valence-electron chi connectivity index (χ2n) is 18.2. The van der Waals surface area contributed by atoms with Crippen LogP contribution in [0.2, 0.25) is 0 Å². The number of hydrogen-bond acceptors (Lipinski definition) is 0. The number of amidine groups is 2. The molecular formula is C63H52N6+2. The molecule has 12 rings (SSSR count). The van der Waals surface area contributed by atoms with Gasteiger partial charge < -0.3 is 10.3 Å². The van der Waals surface area contributed by atoms with E-state index in [2.05, 4.69) is 203 Å². The lowest BCUT2D eigenvalue weighted by Crippen LogP contribution is -2.59. The zero-order valence-electron chi connectivity index (χ0n) is 39.1. The number of hydrogen-bond donors (Lipinski definition) is 1. The normalized spacial score (nSPS) is 13.8. The third-order valence-corrected chi connectivity index (χ3v) is 14.7. The van der Waals surface area contributed by atoms with Crippen molar-refractivity contribution >= 4 is 60.9 Å². The Bertz CT molecular complexity index is 3890. The van der Waals surface area contributed by atoms with Gasteiger partial charge in [-0.05, 0) is 118 Å². The lowest BCUT2D eigenvalue weighted by Gasteiger charge is -2.34. The molecule has 6 nitrogen and oxygen atoms in total. The smallest absolute Gasteiger partial charge is 0.351 e. The van der Waals surface area contributed by atoms with Crippen LogP contribution < -0.4 is 10.3 Å². The number of allylic oxidation sites excluding steroid dienone is 1. The molecule has 0 amide bonds. The van der Waals surface area contributed by atoms with Crippen LogP contribution in [0.3, 0.4) is 0 Å². The van der Waals surface area contributed by atoms with E-state index in [9.17, 15) is 0 Å². The average molecular weight is 893 g/mol. The molecular weight excluding hydrogens is 841 g/mol. The van der Waals surface area contributed by atoms with Gasteiger partial charge in [0.05, 0.1) is 33.2 Å². The summed E-state index contributed by atoms with van der Waals surface area (Å²) in [6.07, 6.45) is 4.21. The van der Waals surface area contributed by atoms with Crippen molar-refractivity contribution in [2.75, 3.05) is 7.05 Å². The van der Waals surface area contributed by atoms with Crippen molar-refractivity contribution in [1.82, 2.24) is 9.24 Å². The first kappa shape index (κ1) is 41.8. The Labute approximate surface area is 402 Å². The van der Waals surface area contributed by atoms with Gasteiger partial charge in [0.2, 0.25) is 11.5 Å². The van der Waals surface area contributed by atoms with E-state index < -0.39 is 0 Å². The number of nitrogens with zero attached hydrogens (tertiary/aromatic N) is 5. The van der Waals surface area contributed by atoms with E-state index in [0.717, 1.165) is 73.9 Å². The minimum atomic E-state index is -0.135. The number of aliphatic imine (C=N–C) groups is 1. The summed E-state index contributed by atoms with van der Waals surface area (Å²) in [5.74, 6) is 1.18. The van der Waals surface area contributed by atoms with E-state index in [1.807, 2.05) is 48.5 Å². The van der Waals surface area contributed by atoms with Crippen molar-refractivity contribution in [3.8, 4) is 39.2 Å². The molecule has 0 aliphatic carbocycles. The number of aromatic nitrogens is 3. The zero-order chi connectivity index (χ0) is 46.8. The molecule has 332 valence electrons. The number of benzene rings is 8. The van der Waals surface area contributed by atoms with Crippen LogP contribution in [0.25, 0.3) is 88.4 Å². The van der Waals surface area contributed by atoms with Crippen molar-refractivity contribution in [1.29, 1.82) is 0 Å². The van der Waals surface area contributed by atoms with Crippen molar-refractivity contribution in [3.05, 3.63) is 236 Å². The summed E-state index contributed by atoms with van der Waals surface area (Å²) >= 11 is 0. The van der Waals surface area contributed by atoms with Gasteiger partial charge in [0, 0.05) is 63.3 Å². The number of para-hydroxylation sites is 2. The Morgan fingerprint density at radius 1 is 0.536 bits per heavy atom. The van der Waals surface area contributed by atoms with E-state index >= 15 is 0 Å². The minimum Gasteiger partial charge on any atom is -0.362 e. The van der Waals surface area contributed by atoms with Gasteiger partial charge in [-0.2, -0.15) is 13.9 Å². The summed E-state index contributed by atoms with van der Waals surface area (Å²) in [6.45, 7) is 9.27. The van der Waals surface area contributed by atoms with Crippen LogP contribution in [0.4, 0.5) is 0 Å². The molecule has 0 spiro atoms. The summed E-state index contributed by atoms with van der Waals surface area (Å²) in [6, 6.07) is 73.8. The molecule has 0 atom stereocenters. The van der Waals surface area contributed by atoms with E-state index in [1.165, 1.54) is 49.9 Å². The van der Waals surface area contributed by atoms with Crippen LogP contribution in [0.15, 0.2) is 224 Å². The molecule has 11 aromatic rings. The number of nitrogens with two attached hydrogens (primary N) is 1. The fourth-order valence-electron chi connectivity index (χ4n) is 11.1. The SMILES string of the molecule is C=C1c2ccc(-c3cccc(-c4ccc5c(c4)c4cc6c7ccccc7n([N+](C)=C(N=C(N)c7ccccc7)c7ccccc7)c6cc4n5-c4ccccc4)c3)cc2-c2cccc[n+]2C1(CC)CC. The highest BCUT2D eigenvalue weighted by Gasteiger charge is 2.46. The van der Waals surface area contributed by atoms with Gasteiger partial charge in [0.15, 0.2) is 11.7 Å². The van der Waals surface area contributed by atoms with Crippen LogP contribution in [0.1, 0.15) is 43.4 Å². The van der Waals surface area contributed by atoms with Crippen molar-refractivity contribution in [2.45, 2.75) is 32.2 Å². The maximum Gasteiger partial charge on any atom is 0.351 e. The van der Waals surface area contributed by atoms with Gasteiger partial charge in [0.1, 0.15) is 7.05 Å². The van der Waals surface area contributed by atoms with Crippen LogP contribution in [-0.4, -0.2) is 32.6 Å². The molecule has 4 heterocycles. The van der Waals surface area contributed by atoms with Crippen LogP contribution in [-0.2, 0) is 5.54 Å². The Balaban J connectivity index is 1.04. The number of pyridine rings is 1. The summed E-state index contributed by atoms with van der Waals surface area (Å²) < 4.78 is 9.29. The van der Waals surface area contributed by atoms with E-state index in [0.29, 0.717) is 5.84 Å². The van der Waals surface area contributed by atoms with Gasteiger partial charge >= 0.3 is 5.84 Å². The van der Waals surface area contributed by atoms with Crippen LogP contribution in [0, 0.1) is 0 Å². The number of rotatable bonds is 8. The Morgan fingerprint density at radius 2 is 1.14 bits per heavy atom. The van der Waals surface area contributed by atoms with Gasteiger partial charge in [0.25, 0.3) is 0 Å². The zero-order valence-corrected chi connectivity index (χ0v) is 39.1. The fraction of sp³-hybridized carbons (Fsp3) is 0.0952. The predicted octanol–water partition coefficient (Wildman–Crippen LogP) is 14.0. The molecule has 0 bridgehead atoms.